The number of fused-ring (bicyclic) bond motifs is 1. The normalized spacial score (nSPS) is 11.5. The lowest BCUT2D eigenvalue weighted by atomic mass is 10.1. The summed E-state index contributed by atoms with van der Waals surface area (Å²) in [6.45, 7) is 0.811. The lowest BCUT2D eigenvalue weighted by molar-refractivity contribution is 0.0719. The minimum absolute atomic E-state index is 0.145. The van der Waals surface area contributed by atoms with E-state index in [2.05, 4.69) is 15.3 Å². The van der Waals surface area contributed by atoms with Crippen molar-refractivity contribution in [2.24, 2.45) is 0 Å². The van der Waals surface area contributed by atoms with Crippen LogP contribution >= 0.6 is 0 Å². The molecule has 0 spiro atoms. The molecule has 6 heteroatoms. The third kappa shape index (κ3) is 2.86. The SMILES string of the molecule is CC(CO)(CO)NC(=O)c1cnc2ccccc2n1. The Labute approximate surface area is 110 Å². The van der Waals surface area contributed by atoms with Crippen molar-refractivity contribution >= 4 is 16.9 Å². The predicted molar refractivity (Wildman–Crippen MR) is 69.6 cm³/mol. The molecule has 0 aliphatic carbocycles. The molecule has 0 unspecified atom stereocenters. The van der Waals surface area contributed by atoms with Crippen molar-refractivity contribution in [3.05, 3.63) is 36.2 Å². The summed E-state index contributed by atoms with van der Waals surface area (Å²) in [6, 6.07) is 7.21. The van der Waals surface area contributed by atoms with Crippen molar-refractivity contribution in [3.8, 4) is 0 Å². The van der Waals surface area contributed by atoms with E-state index in [-0.39, 0.29) is 18.9 Å². The van der Waals surface area contributed by atoms with Crippen molar-refractivity contribution in [2.75, 3.05) is 13.2 Å². The van der Waals surface area contributed by atoms with Crippen LogP contribution in [0.3, 0.4) is 0 Å². The molecule has 2 aromatic rings. The molecule has 6 nitrogen and oxygen atoms in total. The number of hydrogen-bond donors (Lipinski definition) is 3. The number of para-hydroxylation sites is 2. The molecule has 100 valence electrons. The first-order valence-electron chi connectivity index (χ1n) is 5.84. The summed E-state index contributed by atoms with van der Waals surface area (Å²) >= 11 is 0. The second-order valence-corrected chi connectivity index (χ2v) is 4.57. The van der Waals surface area contributed by atoms with Crippen molar-refractivity contribution < 1.29 is 15.0 Å². The molecule has 1 aromatic carbocycles. The van der Waals surface area contributed by atoms with Gasteiger partial charge in [0, 0.05) is 0 Å². The summed E-state index contributed by atoms with van der Waals surface area (Å²) in [5.74, 6) is -0.483. The Morgan fingerprint density at radius 1 is 1.26 bits per heavy atom. The molecule has 19 heavy (non-hydrogen) atoms. The number of carbonyl (C=O) groups excluding carboxylic acids is 1. The average Bonchev–Trinajstić information content (AvgIpc) is 2.46. The minimum Gasteiger partial charge on any atom is -0.394 e. The fourth-order valence-corrected chi connectivity index (χ4v) is 1.53. The molecule has 0 fully saturated rings. The monoisotopic (exact) mass is 261 g/mol. The molecular weight excluding hydrogens is 246 g/mol. The molecule has 2 rings (SSSR count). The Morgan fingerprint density at radius 2 is 1.89 bits per heavy atom. The second-order valence-electron chi connectivity index (χ2n) is 4.57. The van der Waals surface area contributed by atoms with Gasteiger partial charge >= 0.3 is 0 Å². The highest BCUT2D eigenvalue weighted by molar-refractivity contribution is 5.94. The third-order valence-corrected chi connectivity index (χ3v) is 2.79. The van der Waals surface area contributed by atoms with Crippen LogP contribution in [0.5, 0.6) is 0 Å². The zero-order chi connectivity index (χ0) is 13.9. The van der Waals surface area contributed by atoms with Gasteiger partial charge in [-0.25, -0.2) is 4.98 Å². The highest BCUT2D eigenvalue weighted by atomic mass is 16.3. The van der Waals surface area contributed by atoms with Gasteiger partial charge in [-0.1, -0.05) is 12.1 Å². The zero-order valence-corrected chi connectivity index (χ0v) is 10.5. The molecule has 0 saturated carbocycles. The molecule has 0 saturated heterocycles. The number of carbonyl (C=O) groups is 1. The Bertz CT molecular complexity index is 596. The van der Waals surface area contributed by atoms with Crippen LogP contribution < -0.4 is 5.32 Å². The third-order valence-electron chi connectivity index (χ3n) is 2.79. The van der Waals surface area contributed by atoms with Crippen LogP contribution in [0.4, 0.5) is 0 Å². The highest BCUT2D eigenvalue weighted by Crippen LogP contribution is 2.09. The van der Waals surface area contributed by atoms with Gasteiger partial charge in [0.05, 0.1) is 36.0 Å². The second kappa shape index (κ2) is 5.29. The summed E-state index contributed by atoms with van der Waals surface area (Å²) in [5.41, 5.74) is 0.382. The number of rotatable bonds is 4. The molecule has 1 heterocycles. The smallest absolute Gasteiger partial charge is 0.272 e. The van der Waals surface area contributed by atoms with Gasteiger partial charge in [0.15, 0.2) is 0 Å². The Kier molecular flexibility index (Phi) is 3.73. The van der Waals surface area contributed by atoms with E-state index < -0.39 is 11.4 Å². The molecule has 0 radical (unpaired) electrons. The van der Waals surface area contributed by atoms with E-state index in [9.17, 15) is 4.79 Å². The molecule has 1 aromatic heterocycles. The molecule has 0 bridgehead atoms. The van der Waals surface area contributed by atoms with E-state index in [1.165, 1.54) is 6.20 Å². The van der Waals surface area contributed by atoms with Crippen LogP contribution in [0.1, 0.15) is 17.4 Å². The first-order chi connectivity index (χ1) is 9.08. The number of hydrogen-bond acceptors (Lipinski definition) is 5. The van der Waals surface area contributed by atoms with E-state index >= 15 is 0 Å². The maximum Gasteiger partial charge on any atom is 0.272 e. The minimum atomic E-state index is -1.08. The molecule has 3 N–H and O–H groups in total. The van der Waals surface area contributed by atoms with E-state index in [1.807, 2.05) is 12.1 Å². The molecule has 1 amide bonds. The summed E-state index contributed by atoms with van der Waals surface area (Å²) < 4.78 is 0. The van der Waals surface area contributed by atoms with Crippen LogP contribution in [0.2, 0.25) is 0 Å². The van der Waals surface area contributed by atoms with E-state index in [4.69, 9.17) is 10.2 Å². The number of benzene rings is 1. The highest BCUT2D eigenvalue weighted by Gasteiger charge is 2.25. The summed E-state index contributed by atoms with van der Waals surface area (Å²) in [5, 5.41) is 20.8. The van der Waals surface area contributed by atoms with Gasteiger partial charge in [-0.2, -0.15) is 0 Å². The van der Waals surface area contributed by atoms with Crippen molar-refractivity contribution in [1.82, 2.24) is 15.3 Å². The first kappa shape index (κ1) is 13.4. The number of nitrogens with zero attached hydrogens (tertiary/aromatic N) is 2. The zero-order valence-electron chi connectivity index (χ0n) is 10.5. The van der Waals surface area contributed by atoms with Gasteiger partial charge in [-0.3, -0.25) is 9.78 Å². The lowest BCUT2D eigenvalue weighted by Crippen LogP contribution is -2.51. The Balaban J connectivity index is 2.26. The number of amides is 1. The van der Waals surface area contributed by atoms with Crippen LogP contribution in [-0.2, 0) is 0 Å². The summed E-state index contributed by atoms with van der Waals surface area (Å²) in [6.07, 6.45) is 1.37. The number of aliphatic hydroxyl groups is 2. The summed E-state index contributed by atoms with van der Waals surface area (Å²) in [7, 11) is 0. The molecule has 0 atom stereocenters. The quantitative estimate of drug-likeness (QED) is 0.725. The largest absolute Gasteiger partial charge is 0.394 e. The standard InChI is InChI=1S/C13H15N3O3/c1-13(7-17,8-18)16-12(19)11-6-14-9-4-2-3-5-10(9)15-11/h2-6,17-18H,7-8H2,1H3,(H,16,19). The van der Waals surface area contributed by atoms with E-state index in [1.54, 1.807) is 19.1 Å². The average molecular weight is 261 g/mol. The van der Waals surface area contributed by atoms with Gasteiger partial charge in [0.1, 0.15) is 5.69 Å². The van der Waals surface area contributed by atoms with Crippen molar-refractivity contribution in [2.45, 2.75) is 12.5 Å². The topological polar surface area (TPSA) is 95.3 Å². The Morgan fingerprint density at radius 3 is 2.53 bits per heavy atom. The number of aliphatic hydroxyl groups excluding tert-OH is 2. The first-order valence-corrected chi connectivity index (χ1v) is 5.84. The van der Waals surface area contributed by atoms with Crippen LogP contribution in [0.15, 0.2) is 30.5 Å². The van der Waals surface area contributed by atoms with Crippen molar-refractivity contribution in [3.63, 3.8) is 0 Å². The van der Waals surface area contributed by atoms with E-state index in [0.717, 1.165) is 0 Å². The van der Waals surface area contributed by atoms with Gasteiger partial charge < -0.3 is 15.5 Å². The molecule has 0 aliphatic rings. The predicted octanol–water partition coefficient (Wildman–Crippen LogP) is 0.103. The van der Waals surface area contributed by atoms with Gasteiger partial charge in [0.2, 0.25) is 0 Å². The number of nitrogens with one attached hydrogen (secondary N) is 1. The fourth-order valence-electron chi connectivity index (χ4n) is 1.53. The fraction of sp³-hybridized carbons (Fsp3) is 0.308. The molecule has 0 aliphatic heterocycles. The van der Waals surface area contributed by atoms with Gasteiger partial charge in [-0.05, 0) is 19.1 Å². The summed E-state index contributed by atoms with van der Waals surface area (Å²) in [4.78, 5) is 20.3. The van der Waals surface area contributed by atoms with Crippen LogP contribution in [-0.4, -0.2) is 44.8 Å². The Hall–Kier alpha value is -2.05. The molecular formula is C13H15N3O3. The van der Waals surface area contributed by atoms with Gasteiger partial charge in [0.25, 0.3) is 5.91 Å². The maximum atomic E-state index is 12.0. The van der Waals surface area contributed by atoms with Crippen molar-refractivity contribution in [1.29, 1.82) is 0 Å². The van der Waals surface area contributed by atoms with Crippen LogP contribution in [0.25, 0.3) is 11.0 Å². The van der Waals surface area contributed by atoms with E-state index in [0.29, 0.717) is 11.0 Å². The number of aromatic nitrogens is 2. The maximum absolute atomic E-state index is 12.0. The van der Waals surface area contributed by atoms with Crippen LogP contribution in [0, 0.1) is 0 Å². The lowest BCUT2D eigenvalue weighted by Gasteiger charge is -2.25. The van der Waals surface area contributed by atoms with Gasteiger partial charge in [-0.15, -0.1) is 0 Å².